The molecule has 2 aromatic rings. The minimum Gasteiger partial charge on any atom is -0.360 e. The summed E-state index contributed by atoms with van der Waals surface area (Å²) in [6, 6.07) is 5.44. The van der Waals surface area contributed by atoms with E-state index < -0.39 is 0 Å². The number of carbonyl (C=O) groups excluding carboxylic acids is 1. The fraction of sp³-hybridized carbons (Fsp3) is 0.500. The van der Waals surface area contributed by atoms with Crippen LogP contribution in [0.5, 0.6) is 11.5 Å². The van der Waals surface area contributed by atoms with Crippen molar-refractivity contribution in [2.45, 2.75) is 44.6 Å². The summed E-state index contributed by atoms with van der Waals surface area (Å²) in [6.07, 6.45) is 7.66. The normalized spacial score (nSPS) is 16.1. The minimum atomic E-state index is -0.308. The van der Waals surface area contributed by atoms with E-state index in [4.69, 9.17) is 9.78 Å². The van der Waals surface area contributed by atoms with Gasteiger partial charge in [-0.3, -0.25) is 19.9 Å². The minimum absolute atomic E-state index is 0.308. The number of aromatic nitrogens is 2. The Morgan fingerprint density at radius 3 is 2.79 bits per heavy atom. The number of hydrogen-bond acceptors (Lipinski definition) is 9. The molecule has 1 aromatic carbocycles. The number of carbonyl (C=O) groups is 1. The Morgan fingerprint density at radius 1 is 1.07 bits per heavy atom. The summed E-state index contributed by atoms with van der Waals surface area (Å²) in [5.74, 6) is 0.476. The molecule has 1 aliphatic heterocycles. The summed E-state index contributed by atoms with van der Waals surface area (Å²) >= 11 is 1.30. The fourth-order valence-electron chi connectivity index (χ4n) is 3.28. The van der Waals surface area contributed by atoms with E-state index in [0.29, 0.717) is 33.4 Å². The third kappa shape index (κ3) is 4.89. The Bertz CT molecular complexity index is 809. The lowest BCUT2D eigenvalue weighted by molar-refractivity contribution is -0.384. The average molecular weight is 405 g/mol. The van der Waals surface area contributed by atoms with Crippen molar-refractivity contribution in [2.24, 2.45) is 0 Å². The van der Waals surface area contributed by atoms with Crippen molar-refractivity contribution in [3.63, 3.8) is 0 Å². The first-order chi connectivity index (χ1) is 13.8. The Morgan fingerprint density at radius 2 is 1.89 bits per heavy atom. The molecule has 2 heterocycles. The molecule has 0 saturated heterocycles. The van der Waals surface area contributed by atoms with Gasteiger partial charge in [-0.2, -0.15) is 0 Å². The van der Waals surface area contributed by atoms with Crippen LogP contribution in [0.15, 0.2) is 18.2 Å². The zero-order valence-corrected chi connectivity index (χ0v) is 16.2. The van der Waals surface area contributed by atoms with E-state index in [1.54, 1.807) is 12.1 Å². The molecule has 1 aromatic heterocycles. The monoisotopic (exact) mass is 405 g/mol. The van der Waals surface area contributed by atoms with Crippen LogP contribution in [-0.4, -0.2) is 35.2 Å². The highest BCUT2D eigenvalue weighted by molar-refractivity contribution is 7.19. The second-order valence-corrected chi connectivity index (χ2v) is 7.81. The number of hydrogen-bond donors (Lipinski definition) is 3. The molecule has 2 aliphatic rings. The first-order valence-corrected chi connectivity index (χ1v) is 10.4. The van der Waals surface area contributed by atoms with Gasteiger partial charge in [0, 0.05) is 29.3 Å². The molecule has 1 fully saturated rings. The van der Waals surface area contributed by atoms with Gasteiger partial charge in [-0.1, -0.05) is 30.6 Å². The third-order valence-electron chi connectivity index (χ3n) is 4.77. The van der Waals surface area contributed by atoms with Crippen LogP contribution in [0.1, 0.15) is 48.9 Å². The zero-order valence-electron chi connectivity index (χ0n) is 15.4. The van der Waals surface area contributed by atoms with Crippen molar-refractivity contribution >= 4 is 27.5 Å². The lowest BCUT2D eigenvalue weighted by Gasteiger charge is -2.22. The van der Waals surface area contributed by atoms with Crippen LogP contribution < -0.4 is 25.7 Å². The lowest BCUT2D eigenvalue weighted by atomic mass is 9.95. The Kier molecular flexibility index (Phi) is 6.20. The number of rotatable bonds is 8. The largest absolute Gasteiger partial charge is 0.360 e. The van der Waals surface area contributed by atoms with Crippen molar-refractivity contribution in [1.29, 1.82) is 0 Å². The van der Waals surface area contributed by atoms with Gasteiger partial charge in [-0.15, -0.1) is 10.2 Å². The topological polar surface area (TPSA) is 107 Å². The molecule has 0 unspecified atom stereocenters. The molecule has 1 aliphatic carbocycles. The molecular formula is C18H23N5O4S. The van der Waals surface area contributed by atoms with Crippen LogP contribution >= 0.6 is 11.3 Å². The standard InChI is InChI=1S/C18H23N5O4S/c24-16(12-7-8-14-15(11-12)26-27-25-14)21-18-23-22-17(28-18)20-10-4-9-19-13-5-2-1-3-6-13/h7-8,11,13,19H,1-6,9-10H2,(H,20,22)(H,21,23,24). The summed E-state index contributed by atoms with van der Waals surface area (Å²) < 4.78 is 0. The molecule has 0 bridgehead atoms. The van der Waals surface area contributed by atoms with Crippen molar-refractivity contribution in [1.82, 2.24) is 15.5 Å². The quantitative estimate of drug-likeness (QED) is 0.454. The van der Waals surface area contributed by atoms with Crippen molar-refractivity contribution in [2.75, 3.05) is 23.7 Å². The second kappa shape index (κ2) is 9.18. The number of anilines is 2. The predicted octanol–water partition coefficient (Wildman–Crippen LogP) is 3.13. The van der Waals surface area contributed by atoms with Gasteiger partial charge in [0.25, 0.3) is 5.91 Å². The molecule has 0 radical (unpaired) electrons. The van der Waals surface area contributed by atoms with Crippen LogP contribution in [0.25, 0.3) is 0 Å². The molecule has 3 N–H and O–H groups in total. The van der Waals surface area contributed by atoms with Gasteiger partial charge in [0.1, 0.15) is 0 Å². The SMILES string of the molecule is O=C(Nc1nnc(NCCCNC2CCCCC2)s1)c1ccc2c(c1)OOO2. The molecular weight excluding hydrogens is 382 g/mol. The Labute approximate surface area is 166 Å². The zero-order chi connectivity index (χ0) is 19.2. The first-order valence-electron chi connectivity index (χ1n) is 9.55. The van der Waals surface area contributed by atoms with Gasteiger partial charge >= 0.3 is 0 Å². The van der Waals surface area contributed by atoms with Gasteiger partial charge < -0.3 is 10.6 Å². The second-order valence-electron chi connectivity index (χ2n) is 6.83. The molecule has 1 saturated carbocycles. The summed E-state index contributed by atoms with van der Waals surface area (Å²) in [7, 11) is 0. The maximum Gasteiger partial charge on any atom is 0.257 e. The number of nitrogens with zero attached hydrogens (tertiary/aromatic N) is 2. The maximum absolute atomic E-state index is 12.3. The summed E-state index contributed by atoms with van der Waals surface area (Å²) in [6.45, 7) is 1.80. The molecule has 0 atom stereocenters. The molecule has 0 spiro atoms. The molecule has 28 heavy (non-hydrogen) atoms. The van der Waals surface area contributed by atoms with E-state index in [-0.39, 0.29) is 5.91 Å². The molecule has 10 heteroatoms. The van der Waals surface area contributed by atoms with Gasteiger partial charge in [0.2, 0.25) is 21.8 Å². The van der Waals surface area contributed by atoms with Crippen LogP contribution in [0.2, 0.25) is 0 Å². The summed E-state index contributed by atoms with van der Waals surface area (Å²) in [5, 5.41) is 23.2. The maximum atomic E-state index is 12.3. The van der Waals surface area contributed by atoms with Gasteiger partial charge in [0.05, 0.1) is 0 Å². The van der Waals surface area contributed by atoms with Crippen LogP contribution in [0.3, 0.4) is 0 Å². The van der Waals surface area contributed by atoms with Crippen LogP contribution in [0, 0.1) is 0 Å². The third-order valence-corrected chi connectivity index (χ3v) is 5.56. The molecule has 150 valence electrons. The lowest BCUT2D eigenvalue weighted by Crippen LogP contribution is -2.32. The van der Waals surface area contributed by atoms with E-state index >= 15 is 0 Å². The van der Waals surface area contributed by atoms with Crippen molar-refractivity contribution in [3.8, 4) is 11.5 Å². The predicted molar refractivity (Wildman–Crippen MR) is 105 cm³/mol. The van der Waals surface area contributed by atoms with E-state index in [1.807, 2.05) is 0 Å². The first kappa shape index (κ1) is 18.9. The van der Waals surface area contributed by atoms with Crippen LogP contribution in [0.4, 0.5) is 10.3 Å². The number of fused-ring (bicyclic) bond motifs is 1. The number of benzene rings is 1. The molecule has 4 rings (SSSR count). The molecule has 1 amide bonds. The highest BCUT2D eigenvalue weighted by atomic mass is 32.1. The van der Waals surface area contributed by atoms with Crippen LogP contribution in [-0.2, 0) is 5.04 Å². The van der Waals surface area contributed by atoms with E-state index in [0.717, 1.165) is 19.5 Å². The van der Waals surface area contributed by atoms with Crippen molar-refractivity contribution < 1.29 is 19.6 Å². The van der Waals surface area contributed by atoms with Gasteiger partial charge in [-0.25, -0.2) is 0 Å². The smallest absolute Gasteiger partial charge is 0.257 e. The summed E-state index contributed by atoms with van der Waals surface area (Å²) in [5.41, 5.74) is 0.409. The van der Waals surface area contributed by atoms with E-state index in [2.05, 4.69) is 31.2 Å². The van der Waals surface area contributed by atoms with E-state index in [9.17, 15) is 4.79 Å². The number of nitrogens with one attached hydrogen (secondary N) is 3. The Balaban J connectivity index is 1.19. The number of amides is 1. The highest BCUT2D eigenvalue weighted by Gasteiger charge is 2.19. The molecule has 9 nitrogen and oxygen atoms in total. The van der Waals surface area contributed by atoms with E-state index in [1.165, 1.54) is 49.5 Å². The van der Waals surface area contributed by atoms with Gasteiger partial charge in [0.15, 0.2) is 0 Å². The Hall–Kier alpha value is -2.43. The summed E-state index contributed by atoms with van der Waals surface area (Å²) in [4.78, 5) is 21.9. The fourth-order valence-corrected chi connectivity index (χ4v) is 3.95. The average Bonchev–Trinajstić information content (AvgIpc) is 3.37. The van der Waals surface area contributed by atoms with Gasteiger partial charge in [-0.05, 0) is 37.9 Å². The highest BCUT2D eigenvalue weighted by Crippen LogP contribution is 2.33. The van der Waals surface area contributed by atoms with Crippen molar-refractivity contribution in [3.05, 3.63) is 23.8 Å².